The van der Waals surface area contributed by atoms with Gasteiger partial charge in [-0.2, -0.15) is 0 Å². The number of aliphatic hydroxyl groups excluding tert-OH is 1. The van der Waals surface area contributed by atoms with E-state index in [9.17, 15) is 18.0 Å². The van der Waals surface area contributed by atoms with Crippen LogP contribution >= 0.6 is 15.9 Å². The fraction of sp³-hybridized carbons (Fsp3) is 0.375. The van der Waals surface area contributed by atoms with Crippen molar-refractivity contribution in [2.75, 3.05) is 0 Å². The number of alkyl halides is 4. The third-order valence-electron chi connectivity index (χ3n) is 1.77. The molecule has 2 unspecified atom stereocenters. The highest BCUT2D eigenvalue weighted by molar-refractivity contribution is 9.10. The monoisotopic (exact) mass is 302 g/mol. The maximum absolute atomic E-state index is 12.1. The van der Waals surface area contributed by atoms with E-state index >= 15 is 0 Å². The maximum atomic E-state index is 12.1. The van der Waals surface area contributed by atoms with Crippen LogP contribution in [-0.2, 0) is 9.53 Å². The quantitative estimate of drug-likeness (QED) is 0.768. The first kappa shape index (κ1) is 13.0. The third-order valence-corrected chi connectivity index (χ3v) is 2.65. The summed E-state index contributed by atoms with van der Waals surface area (Å²) in [6, 6.07) is 0. The van der Waals surface area contributed by atoms with Gasteiger partial charge in [-0.1, -0.05) is 6.08 Å². The van der Waals surface area contributed by atoms with Gasteiger partial charge in [-0.3, -0.25) is 9.53 Å². The number of rotatable bonds is 2. The standard InChI is InChI=1S/C8H6BrF3O4/c9-7(16-8(10,11)12)3-4(13)1-2-5(7)6(14)15/h1-3,5,13H,(H,14,15). The lowest BCUT2D eigenvalue weighted by Gasteiger charge is -2.31. The molecule has 0 aromatic heterocycles. The van der Waals surface area contributed by atoms with Crippen LogP contribution in [0, 0.1) is 5.92 Å². The first-order chi connectivity index (χ1) is 7.14. The molecular formula is C8H6BrF3O4. The average Bonchev–Trinajstić information content (AvgIpc) is 1.97. The molecule has 0 heterocycles. The van der Waals surface area contributed by atoms with Crippen molar-refractivity contribution in [1.82, 2.24) is 0 Å². The minimum absolute atomic E-state index is 0.515. The number of allylic oxidation sites excluding steroid dienone is 1. The molecule has 8 heteroatoms. The second-order valence-corrected chi connectivity index (χ2v) is 4.23. The smallest absolute Gasteiger partial charge is 0.508 e. The molecule has 1 rings (SSSR count). The molecule has 4 nitrogen and oxygen atoms in total. The second-order valence-electron chi connectivity index (χ2n) is 2.99. The molecule has 0 radical (unpaired) electrons. The van der Waals surface area contributed by atoms with Crippen molar-refractivity contribution in [3.8, 4) is 0 Å². The van der Waals surface area contributed by atoms with Crippen molar-refractivity contribution in [1.29, 1.82) is 0 Å². The molecule has 0 fully saturated rings. The molecule has 0 aromatic rings. The Bertz CT molecular complexity index is 363. The number of halogens is 4. The summed E-state index contributed by atoms with van der Waals surface area (Å²) >= 11 is 2.53. The van der Waals surface area contributed by atoms with Crippen LogP contribution in [0.25, 0.3) is 0 Å². The van der Waals surface area contributed by atoms with Gasteiger partial charge in [0.25, 0.3) is 0 Å². The van der Waals surface area contributed by atoms with Gasteiger partial charge in [-0.25, -0.2) is 0 Å². The van der Waals surface area contributed by atoms with E-state index in [0.717, 1.165) is 12.2 Å². The normalized spacial score (nSPS) is 30.0. The van der Waals surface area contributed by atoms with Gasteiger partial charge in [-0.05, 0) is 22.0 Å². The molecule has 90 valence electrons. The number of ether oxygens (including phenoxy) is 1. The molecule has 0 aliphatic heterocycles. The van der Waals surface area contributed by atoms with Gasteiger partial charge in [0.2, 0.25) is 0 Å². The zero-order chi connectivity index (χ0) is 12.6. The van der Waals surface area contributed by atoms with E-state index in [4.69, 9.17) is 10.2 Å². The lowest BCUT2D eigenvalue weighted by molar-refractivity contribution is -0.345. The van der Waals surface area contributed by atoms with Crippen LogP contribution in [0.3, 0.4) is 0 Å². The van der Waals surface area contributed by atoms with Crippen molar-refractivity contribution in [3.63, 3.8) is 0 Å². The Morgan fingerprint density at radius 3 is 2.56 bits per heavy atom. The molecule has 0 spiro atoms. The zero-order valence-corrected chi connectivity index (χ0v) is 9.12. The fourth-order valence-electron chi connectivity index (χ4n) is 1.19. The molecule has 1 aliphatic carbocycles. The summed E-state index contributed by atoms with van der Waals surface area (Å²) in [5.74, 6) is -3.62. The van der Waals surface area contributed by atoms with Crippen LogP contribution in [0.2, 0.25) is 0 Å². The third kappa shape index (κ3) is 2.99. The van der Waals surface area contributed by atoms with Crippen molar-refractivity contribution < 1.29 is 32.9 Å². The van der Waals surface area contributed by atoms with Crippen LogP contribution in [0.4, 0.5) is 13.2 Å². The van der Waals surface area contributed by atoms with Gasteiger partial charge in [-0.15, -0.1) is 13.2 Å². The van der Waals surface area contributed by atoms with E-state index in [1.165, 1.54) is 0 Å². The Balaban J connectivity index is 3.05. The molecule has 0 amide bonds. The lowest BCUT2D eigenvalue weighted by atomic mass is 9.97. The fourth-order valence-corrected chi connectivity index (χ4v) is 1.95. The van der Waals surface area contributed by atoms with Crippen LogP contribution in [0.1, 0.15) is 0 Å². The number of carboxylic acids is 1. The molecule has 2 atom stereocenters. The van der Waals surface area contributed by atoms with Gasteiger partial charge in [0.15, 0.2) is 4.51 Å². The SMILES string of the molecule is O=C(O)C1C=CC(O)=CC1(Br)OC(F)(F)F. The van der Waals surface area contributed by atoms with E-state index in [-0.39, 0.29) is 0 Å². The van der Waals surface area contributed by atoms with Crippen LogP contribution in [-0.4, -0.2) is 27.1 Å². The number of carboxylic acid groups (broad SMARTS) is 1. The second kappa shape index (κ2) is 4.10. The topological polar surface area (TPSA) is 66.8 Å². The number of aliphatic carboxylic acids is 1. The Morgan fingerprint density at radius 2 is 2.12 bits per heavy atom. The Labute approximate surface area is 96.1 Å². The number of hydrogen-bond donors (Lipinski definition) is 2. The van der Waals surface area contributed by atoms with E-state index in [2.05, 4.69) is 20.7 Å². The van der Waals surface area contributed by atoms with Crippen molar-refractivity contribution in [2.45, 2.75) is 10.9 Å². The summed E-state index contributed by atoms with van der Waals surface area (Å²) in [4.78, 5) is 10.7. The molecule has 0 saturated carbocycles. The van der Waals surface area contributed by atoms with Crippen LogP contribution in [0.5, 0.6) is 0 Å². The number of carbonyl (C=O) groups is 1. The van der Waals surface area contributed by atoms with Crippen molar-refractivity contribution >= 4 is 21.9 Å². The largest absolute Gasteiger partial charge is 0.524 e. The predicted molar refractivity (Wildman–Crippen MR) is 49.8 cm³/mol. The predicted octanol–water partition coefficient (Wildman–Crippen LogP) is 2.33. The van der Waals surface area contributed by atoms with E-state index in [0.29, 0.717) is 6.08 Å². The summed E-state index contributed by atoms with van der Waals surface area (Å²) in [6.07, 6.45) is -2.51. The minimum atomic E-state index is -5.03. The first-order valence-electron chi connectivity index (χ1n) is 3.93. The first-order valence-corrected chi connectivity index (χ1v) is 4.72. The Kier molecular flexibility index (Phi) is 3.34. The summed E-state index contributed by atoms with van der Waals surface area (Å²) in [5.41, 5.74) is 0. The van der Waals surface area contributed by atoms with Crippen molar-refractivity contribution in [3.05, 3.63) is 24.0 Å². The lowest BCUT2D eigenvalue weighted by Crippen LogP contribution is -2.42. The van der Waals surface area contributed by atoms with Gasteiger partial charge >= 0.3 is 12.3 Å². The molecule has 16 heavy (non-hydrogen) atoms. The molecule has 2 N–H and O–H groups in total. The molecule has 1 aliphatic rings. The number of hydrogen-bond acceptors (Lipinski definition) is 3. The molecule has 0 saturated heterocycles. The highest BCUT2D eigenvalue weighted by Gasteiger charge is 2.49. The molecule has 0 aromatic carbocycles. The van der Waals surface area contributed by atoms with Crippen LogP contribution < -0.4 is 0 Å². The number of aliphatic hydroxyl groups is 1. The van der Waals surface area contributed by atoms with Crippen LogP contribution in [0.15, 0.2) is 24.0 Å². The van der Waals surface area contributed by atoms with Gasteiger partial charge < -0.3 is 10.2 Å². The van der Waals surface area contributed by atoms with E-state index in [1.807, 2.05) is 0 Å². The highest BCUT2D eigenvalue weighted by atomic mass is 79.9. The van der Waals surface area contributed by atoms with Gasteiger partial charge in [0, 0.05) is 6.08 Å². The Morgan fingerprint density at radius 1 is 1.56 bits per heavy atom. The van der Waals surface area contributed by atoms with E-state index in [1.54, 1.807) is 0 Å². The molecule has 0 bridgehead atoms. The van der Waals surface area contributed by atoms with Gasteiger partial charge in [0.1, 0.15) is 11.7 Å². The molecular weight excluding hydrogens is 297 g/mol. The van der Waals surface area contributed by atoms with E-state index < -0.39 is 28.5 Å². The van der Waals surface area contributed by atoms with Crippen molar-refractivity contribution in [2.24, 2.45) is 5.92 Å². The zero-order valence-electron chi connectivity index (χ0n) is 7.53. The maximum Gasteiger partial charge on any atom is 0.524 e. The summed E-state index contributed by atoms with van der Waals surface area (Å²) < 4.78 is 37.5. The summed E-state index contributed by atoms with van der Waals surface area (Å²) in [5, 5.41) is 17.8. The van der Waals surface area contributed by atoms with Gasteiger partial charge in [0.05, 0.1) is 0 Å². The average molecular weight is 303 g/mol. The Hall–Kier alpha value is -1.02. The summed E-state index contributed by atoms with van der Waals surface area (Å²) in [7, 11) is 0. The minimum Gasteiger partial charge on any atom is -0.508 e. The highest BCUT2D eigenvalue weighted by Crippen LogP contribution is 2.40. The summed E-state index contributed by atoms with van der Waals surface area (Å²) in [6.45, 7) is 0.